The van der Waals surface area contributed by atoms with E-state index in [1.54, 1.807) is 0 Å². The molecule has 0 saturated carbocycles. The highest BCUT2D eigenvalue weighted by Gasteiger charge is 2.40. The van der Waals surface area contributed by atoms with Crippen molar-refractivity contribution in [3.05, 3.63) is 436 Å². The van der Waals surface area contributed by atoms with Crippen molar-refractivity contribution in [2.45, 2.75) is 19.3 Å². The number of fused-ring (bicyclic) bond motifs is 27. The first kappa shape index (κ1) is 75.6. The number of aromatic nitrogens is 10. The van der Waals surface area contributed by atoms with Crippen molar-refractivity contribution in [2.75, 3.05) is 0 Å². The van der Waals surface area contributed by atoms with Crippen LogP contribution in [0.15, 0.2) is 425 Å². The van der Waals surface area contributed by atoms with E-state index in [4.69, 9.17) is 49.8 Å². The number of hydrogen-bond donors (Lipinski definition) is 0. The zero-order valence-electron chi connectivity index (χ0n) is 70.4. The molecule has 0 radical (unpaired) electrons. The molecule has 0 aliphatic heterocycles. The molecule has 5 heterocycles. The maximum atomic E-state index is 5.19. The zero-order valence-corrected chi connectivity index (χ0v) is 70.4. The highest BCUT2D eigenvalue weighted by Crippen LogP contribution is 2.52. The van der Waals surface area contributed by atoms with E-state index in [2.05, 4.69) is 408 Å². The molecular formula is C119H76N10. The minimum atomic E-state index is -0.165. The van der Waals surface area contributed by atoms with E-state index < -0.39 is 0 Å². The first-order chi connectivity index (χ1) is 63.7. The van der Waals surface area contributed by atoms with E-state index in [1.807, 2.05) is 30.9 Å². The Morgan fingerprint density at radius 3 is 0.744 bits per heavy atom. The molecule has 0 spiro atoms. The van der Waals surface area contributed by atoms with Crippen molar-refractivity contribution in [2.24, 2.45) is 0 Å². The lowest BCUT2D eigenvalue weighted by atomic mass is 9.81. The molecule has 25 aromatic rings. The third-order valence-corrected chi connectivity index (χ3v) is 25.8. The largest absolute Gasteiger partial charge is 0.236 e. The van der Waals surface area contributed by atoms with Gasteiger partial charge in [0.25, 0.3) is 0 Å². The molecule has 0 N–H and O–H groups in total. The van der Waals surface area contributed by atoms with Gasteiger partial charge in [-0.3, -0.25) is 0 Å². The predicted molar refractivity (Wildman–Crippen MR) is 534 cm³/mol. The fraction of sp³-hybridized carbons (Fsp3) is 0.0252. The summed E-state index contributed by atoms with van der Waals surface area (Å²) in [6.07, 6.45) is 7.90. The van der Waals surface area contributed by atoms with Gasteiger partial charge in [-0.1, -0.05) is 390 Å². The summed E-state index contributed by atoms with van der Waals surface area (Å²) in [5, 5.41) is 23.2. The molecule has 10 nitrogen and oxygen atoms in total. The number of benzene rings is 20. The first-order valence-corrected chi connectivity index (χ1v) is 43.6. The first-order valence-electron chi connectivity index (χ1n) is 43.6. The molecule has 0 saturated heterocycles. The minimum absolute atomic E-state index is 0.165. The lowest BCUT2D eigenvalue weighted by molar-refractivity contribution is 0.658. The van der Waals surface area contributed by atoms with Gasteiger partial charge in [0, 0.05) is 118 Å². The van der Waals surface area contributed by atoms with Crippen LogP contribution in [-0.2, 0) is 5.41 Å². The van der Waals surface area contributed by atoms with Crippen LogP contribution in [-0.4, -0.2) is 49.8 Å². The van der Waals surface area contributed by atoms with Gasteiger partial charge in [-0.15, -0.1) is 0 Å². The summed E-state index contributed by atoms with van der Waals surface area (Å²) in [6, 6.07) is 140. The van der Waals surface area contributed by atoms with Gasteiger partial charge in [0.2, 0.25) is 0 Å². The van der Waals surface area contributed by atoms with Gasteiger partial charge in [-0.25, -0.2) is 49.8 Å². The smallest absolute Gasteiger partial charge is 0.160 e. The molecule has 602 valence electrons. The van der Waals surface area contributed by atoms with Crippen LogP contribution in [0.2, 0.25) is 0 Å². The molecule has 5 aromatic heterocycles. The molecule has 26 rings (SSSR count). The summed E-state index contributed by atoms with van der Waals surface area (Å²) in [5.41, 5.74) is 22.3. The van der Waals surface area contributed by atoms with Crippen LogP contribution in [0.25, 0.3) is 243 Å². The Kier molecular flexibility index (Phi) is 18.4. The molecule has 0 amide bonds. The van der Waals surface area contributed by atoms with Gasteiger partial charge < -0.3 is 0 Å². The van der Waals surface area contributed by atoms with Gasteiger partial charge in [0.05, 0.1) is 33.5 Å². The Bertz CT molecular complexity index is 8520. The average molecular weight is 1650 g/mol. The maximum absolute atomic E-state index is 5.19. The fourth-order valence-corrected chi connectivity index (χ4v) is 19.5. The maximum Gasteiger partial charge on any atom is 0.160 e. The molecule has 129 heavy (non-hydrogen) atoms. The van der Waals surface area contributed by atoms with Crippen LogP contribution in [0.5, 0.6) is 0 Å². The monoisotopic (exact) mass is 1640 g/mol. The van der Waals surface area contributed by atoms with E-state index in [0.717, 1.165) is 138 Å². The fourth-order valence-electron chi connectivity index (χ4n) is 19.5. The van der Waals surface area contributed by atoms with E-state index in [1.165, 1.54) is 92.5 Å². The standard InChI is InChI=1S/2C44H26N4.C31H24N2/c1-3-19-35-31(15-1)33-17-5-7-21-37(33)41-39(35)25-45-43(47-41)29-13-9-11-27(23-29)28-12-10-14-30(24-28)44-46-26-40-36-20-4-2-16-32(36)34-18-6-8-22-38(34)42(40)48-44;1-3-16-35-31(12-1)33-14-5-7-18-37(33)41-39(35)25-45-43(47-41)28-22-20-27(21-23-28)29-10-9-11-30(24-29)44-46-26-40-36-17-4-2-13-32(36)34-15-6-8-19-38(34)42(40)48-44;1-31(2)26-19-10-9-18-25(26)29-27(31)28(22-14-7-4-8-15-22)32-30(33-29)24-17-11-16-23(20-24)21-12-5-3-6-13-21/h2*1-26H;3-20H,1-2H3. The molecular weight excluding hydrogens is 1570 g/mol. The molecule has 20 aromatic carbocycles. The van der Waals surface area contributed by atoms with Gasteiger partial charge >= 0.3 is 0 Å². The predicted octanol–water partition coefficient (Wildman–Crippen LogP) is 30.2. The second-order valence-corrected chi connectivity index (χ2v) is 33.6. The SMILES string of the molecule is CC1(C)c2ccccc2-c2nc(-c3cccc(-c4ccccc4)c3)nc(-c3ccccc3)c21.c1cc(-c2ccc(-c3ncc4c5ccccc5c5ccccc5c4n3)cc2)cc(-c2ncc3c4ccccc4c4ccccc4c3n2)c1.c1cc(-c2cccc(-c3ncc4c5ccccc5c5ccccc5c4n3)c2)cc(-c2ncc3c4ccccc4c4ccccc4c3n2)c1. The van der Waals surface area contributed by atoms with Gasteiger partial charge in [0.1, 0.15) is 0 Å². The van der Waals surface area contributed by atoms with Crippen molar-refractivity contribution in [1.29, 1.82) is 0 Å². The van der Waals surface area contributed by atoms with Gasteiger partial charge in [-0.05, 0) is 128 Å². The highest BCUT2D eigenvalue weighted by atomic mass is 14.9. The minimum Gasteiger partial charge on any atom is -0.236 e. The Morgan fingerprint density at radius 2 is 0.395 bits per heavy atom. The second-order valence-electron chi connectivity index (χ2n) is 33.6. The third-order valence-electron chi connectivity index (χ3n) is 25.8. The van der Waals surface area contributed by atoms with Crippen molar-refractivity contribution in [3.8, 4) is 113 Å². The lowest BCUT2D eigenvalue weighted by Crippen LogP contribution is -2.17. The third kappa shape index (κ3) is 13.2. The van der Waals surface area contributed by atoms with Crippen molar-refractivity contribution < 1.29 is 0 Å². The highest BCUT2D eigenvalue weighted by molar-refractivity contribution is 6.28. The average Bonchev–Trinajstić information content (AvgIpc) is 1.47. The molecule has 0 bridgehead atoms. The van der Waals surface area contributed by atoms with E-state index in [-0.39, 0.29) is 5.41 Å². The Hall–Kier alpha value is -17.1. The second kappa shape index (κ2) is 31.3. The van der Waals surface area contributed by atoms with Crippen molar-refractivity contribution in [3.63, 3.8) is 0 Å². The summed E-state index contributed by atoms with van der Waals surface area (Å²) in [5.74, 6) is 3.60. The zero-order chi connectivity index (χ0) is 85.6. The van der Waals surface area contributed by atoms with Gasteiger partial charge in [0.15, 0.2) is 29.1 Å². The van der Waals surface area contributed by atoms with Crippen LogP contribution >= 0.6 is 0 Å². The Labute approximate surface area is 743 Å². The van der Waals surface area contributed by atoms with Crippen LogP contribution in [0.1, 0.15) is 25.0 Å². The van der Waals surface area contributed by atoms with Crippen molar-refractivity contribution in [1.82, 2.24) is 49.8 Å². The molecule has 0 fully saturated rings. The van der Waals surface area contributed by atoms with Crippen molar-refractivity contribution >= 4 is 130 Å². The normalized spacial score (nSPS) is 12.2. The Morgan fingerprint density at radius 1 is 0.163 bits per heavy atom. The molecule has 1 aliphatic carbocycles. The van der Waals surface area contributed by atoms with Crippen LogP contribution in [0.4, 0.5) is 0 Å². The summed E-state index contributed by atoms with van der Waals surface area (Å²) < 4.78 is 0. The summed E-state index contributed by atoms with van der Waals surface area (Å²) in [7, 11) is 0. The molecule has 10 heteroatoms. The molecule has 0 unspecified atom stereocenters. The summed E-state index contributed by atoms with van der Waals surface area (Å²) in [4.78, 5) is 50.4. The number of rotatable bonds is 9. The topological polar surface area (TPSA) is 129 Å². The van der Waals surface area contributed by atoms with Gasteiger partial charge in [-0.2, -0.15) is 0 Å². The summed E-state index contributed by atoms with van der Waals surface area (Å²) in [6.45, 7) is 4.56. The number of nitrogens with zero attached hydrogens (tertiary/aromatic N) is 10. The van der Waals surface area contributed by atoms with E-state index in [0.29, 0.717) is 23.3 Å². The summed E-state index contributed by atoms with van der Waals surface area (Å²) >= 11 is 0. The van der Waals surface area contributed by atoms with E-state index >= 15 is 0 Å². The van der Waals surface area contributed by atoms with E-state index in [9.17, 15) is 0 Å². The van der Waals surface area contributed by atoms with Crippen LogP contribution in [0, 0.1) is 0 Å². The van der Waals surface area contributed by atoms with Crippen LogP contribution in [0.3, 0.4) is 0 Å². The van der Waals surface area contributed by atoms with Crippen LogP contribution < -0.4 is 0 Å². The number of hydrogen-bond acceptors (Lipinski definition) is 10. The molecule has 1 aliphatic rings. The molecule has 0 atom stereocenters. The quantitative estimate of drug-likeness (QED) is 0.129. The lowest BCUT2D eigenvalue weighted by Gasteiger charge is -2.23. The Balaban J connectivity index is 0.000000110.